The molecule has 0 radical (unpaired) electrons. The van der Waals surface area contributed by atoms with Gasteiger partial charge >= 0.3 is 17.9 Å². The summed E-state index contributed by atoms with van der Waals surface area (Å²) in [7, 11) is 0. The number of hydrogen-bond donors (Lipinski definition) is 0. The van der Waals surface area contributed by atoms with E-state index in [2.05, 4.69) is 18.4 Å². The molecular formula is C35H34O7. The molecule has 0 atom stereocenters. The summed E-state index contributed by atoms with van der Waals surface area (Å²) in [5, 5.41) is 0. The molecule has 0 fully saturated rings. The molecular weight excluding hydrogens is 532 g/mol. The third-order valence-electron chi connectivity index (χ3n) is 5.79. The predicted octanol–water partition coefficient (Wildman–Crippen LogP) is 6.55. The molecule has 3 rings (SSSR count). The highest BCUT2D eigenvalue weighted by molar-refractivity contribution is 5.91. The minimum atomic E-state index is -0.479. The molecule has 0 saturated heterocycles. The lowest BCUT2D eigenvalue weighted by atomic mass is 10.1. The molecule has 7 nitrogen and oxygen atoms in total. The SMILES string of the molecule is C=CC(=O)OCCCCOc1ccc(C(=O)Oc2ccc(C#Cc3ccc(/C=C/C(=O)OCCCC)cc3)cc2)cc1. The van der Waals surface area contributed by atoms with Crippen molar-refractivity contribution in [1.29, 1.82) is 0 Å². The summed E-state index contributed by atoms with van der Waals surface area (Å²) in [6.45, 7) is 6.60. The van der Waals surface area contributed by atoms with Crippen LogP contribution in [0.3, 0.4) is 0 Å². The van der Waals surface area contributed by atoms with Crippen LogP contribution in [0, 0.1) is 11.8 Å². The maximum atomic E-state index is 12.5. The number of unbranched alkanes of at least 4 members (excludes halogenated alkanes) is 2. The smallest absolute Gasteiger partial charge is 0.343 e. The Morgan fingerprint density at radius 2 is 1.29 bits per heavy atom. The molecule has 0 saturated carbocycles. The Morgan fingerprint density at radius 1 is 0.714 bits per heavy atom. The topological polar surface area (TPSA) is 88.1 Å². The lowest BCUT2D eigenvalue weighted by molar-refractivity contribution is -0.138. The van der Waals surface area contributed by atoms with Gasteiger partial charge in [0, 0.05) is 23.3 Å². The van der Waals surface area contributed by atoms with Gasteiger partial charge in [-0.25, -0.2) is 14.4 Å². The molecule has 0 heterocycles. The average Bonchev–Trinajstić information content (AvgIpc) is 3.02. The van der Waals surface area contributed by atoms with Gasteiger partial charge in [-0.15, -0.1) is 0 Å². The van der Waals surface area contributed by atoms with Crippen LogP contribution in [0.2, 0.25) is 0 Å². The highest BCUT2D eigenvalue weighted by Crippen LogP contribution is 2.17. The largest absolute Gasteiger partial charge is 0.494 e. The standard InChI is InChI=1S/C35H34O7/c1-3-5-24-41-34(37)23-16-28-11-8-27(9-12-28)10-13-29-14-19-32(20-15-29)42-35(38)30-17-21-31(22-18-30)39-25-6-7-26-40-33(36)4-2/h4,8-9,11-12,14-23H,2-3,5-7,24-26H2,1H3/b23-16+. The van der Waals surface area contributed by atoms with Gasteiger partial charge in [0.05, 0.1) is 25.4 Å². The van der Waals surface area contributed by atoms with Gasteiger partial charge in [-0.3, -0.25) is 0 Å². The molecule has 0 N–H and O–H groups in total. The van der Waals surface area contributed by atoms with Crippen molar-refractivity contribution in [2.24, 2.45) is 0 Å². The molecule has 0 aromatic heterocycles. The molecule has 0 amide bonds. The fourth-order valence-electron chi connectivity index (χ4n) is 3.44. The Hall–Kier alpha value is -5.09. The van der Waals surface area contributed by atoms with Crippen LogP contribution in [-0.2, 0) is 19.1 Å². The van der Waals surface area contributed by atoms with Crippen molar-refractivity contribution < 1.29 is 33.3 Å². The summed E-state index contributed by atoms with van der Waals surface area (Å²) in [5.74, 6) is 5.97. The van der Waals surface area contributed by atoms with Gasteiger partial charge in [0.1, 0.15) is 11.5 Å². The van der Waals surface area contributed by atoms with Crippen LogP contribution in [0.5, 0.6) is 11.5 Å². The van der Waals surface area contributed by atoms with E-state index in [9.17, 15) is 14.4 Å². The minimum Gasteiger partial charge on any atom is -0.494 e. The van der Waals surface area contributed by atoms with Crippen LogP contribution in [0.25, 0.3) is 6.08 Å². The Kier molecular flexibility index (Phi) is 13.2. The van der Waals surface area contributed by atoms with Crippen LogP contribution in [0.4, 0.5) is 0 Å². The quantitative estimate of drug-likeness (QED) is 0.0719. The molecule has 0 bridgehead atoms. The summed E-state index contributed by atoms with van der Waals surface area (Å²) in [6.07, 6.45) is 7.50. The van der Waals surface area contributed by atoms with E-state index in [1.807, 2.05) is 31.2 Å². The van der Waals surface area contributed by atoms with Crippen LogP contribution in [0.15, 0.2) is 91.5 Å². The summed E-state index contributed by atoms with van der Waals surface area (Å²) in [4.78, 5) is 35.2. The maximum Gasteiger partial charge on any atom is 0.343 e. The van der Waals surface area contributed by atoms with E-state index in [0.717, 1.165) is 42.0 Å². The van der Waals surface area contributed by atoms with E-state index in [4.69, 9.17) is 18.9 Å². The zero-order valence-corrected chi connectivity index (χ0v) is 23.7. The van der Waals surface area contributed by atoms with E-state index in [-0.39, 0.29) is 5.97 Å². The molecule has 3 aromatic rings. The Bertz CT molecular complexity index is 1410. The van der Waals surface area contributed by atoms with Crippen LogP contribution in [-0.4, -0.2) is 37.7 Å². The first kappa shape index (κ1) is 31.4. The maximum absolute atomic E-state index is 12.5. The monoisotopic (exact) mass is 566 g/mol. The van der Waals surface area contributed by atoms with Crippen molar-refractivity contribution in [2.75, 3.05) is 19.8 Å². The highest BCUT2D eigenvalue weighted by atomic mass is 16.5. The molecule has 216 valence electrons. The number of ether oxygens (including phenoxy) is 4. The summed E-state index contributed by atoms with van der Waals surface area (Å²) >= 11 is 0. The Morgan fingerprint density at radius 3 is 1.93 bits per heavy atom. The van der Waals surface area contributed by atoms with Gasteiger partial charge in [0.2, 0.25) is 0 Å². The van der Waals surface area contributed by atoms with Crippen molar-refractivity contribution in [3.63, 3.8) is 0 Å². The zero-order chi connectivity index (χ0) is 30.0. The Balaban J connectivity index is 1.43. The van der Waals surface area contributed by atoms with Crippen molar-refractivity contribution in [2.45, 2.75) is 32.6 Å². The number of rotatable bonds is 14. The fraction of sp³-hybridized carbons (Fsp3) is 0.229. The normalized spacial score (nSPS) is 10.3. The molecule has 7 heteroatoms. The second-order valence-electron chi connectivity index (χ2n) is 9.09. The van der Waals surface area contributed by atoms with Crippen LogP contribution < -0.4 is 9.47 Å². The lowest BCUT2D eigenvalue weighted by Gasteiger charge is -2.08. The second-order valence-corrected chi connectivity index (χ2v) is 9.09. The number of carbonyl (C=O) groups is 3. The third-order valence-corrected chi connectivity index (χ3v) is 5.79. The number of esters is 3. The average molecular weight is 567 g/mol. The first-order chi connectivity index (χ1) is 20.5. The van der Waals surface area contributed by atoms with E-state index in [1.165, 1.54) is 6.08 Å². The van der Waals surface area contributed by atoms with Gasteiger partial charge in [0.25, 0.3) is 0 Å². The number of benzene rings is 3. The first-order valence-corrected chi connectivity index (χ1v) is 13.8. The second kappa shape index (κ2) is 17.6. The van der Waals surface area contributed by atoms with Gasteiger partial charge in [-0.2, -0.15) is 0 Å². The highest BCUT2D eigenvalue weighted by Gasteiger charge is 2.09. The molecule has 42 heavy (non-hydrogen) atoms. The number of hydrogen-bond acceptors (Lipinski definition) is 7. The molecule has 0 unspecified atom stereocenters. The number of carbonyl (C=O) groups excluding carboxylic acids is 3. The third kappa shape index (κ3) is 11.6. The molecule has 0 aliphatic rings. The summed E-state index contributed by atoms with van der Waals surface area (Å²) < 4.78 is 21.2. The van der Waals surface area contributed by atoms with Crippen LogP contribution >= 0.6 is 0 Å². The Labute approximate surface area is 246 Å². The summed E-state index contributed by atoms with van der Waals surface area (Å²) in [6, 6.07) is 21.2. The van der Waals surface area contributed by atoms with Crippen molar-refractivity contribution in [3.05, 3.63) is 114 Å². The molecule has 3 aromatic carbocycles. The van der Waals surface area contributed by atoms with Gasteiger partial charge in [0.15, 0.2) is 0 Å². The van der Waals surface area contributed by atoms with E-state index in [1.54, 1.807) is 54.6 Å². The van der Waals surface area contributed by atoms with E-state index in [0.29, 0.717) is 43.3 Å². The first-order valence-electron chi connectivity index (χ1n) is 13.8. The summed E-state index contributed by atoms with van der Waals surface area (Å²) in [5.41, 5.74) is 2.87. The fourth-order valence-corrected chi connectivity index (χ4v) is 3.44. The van der Waals surface area contributed by atoms with E-state index >= 15 is 0 Å². The van der Waals surface area contributed by atoms with Crippen molar-refractivity contribution in [3.8, 4) is 23.3 Å². The molecule has 0 aliphatic heterocycles. The van der Waals surface area contributed by atoms with Gasteiger partial charge in [-0.1, -0.05) is 43.9 Å². The minimum absolute atomic E-state index is 0.319. The molecule has 0 aliphatic carbocycles. The zero-order valence-electron chi connectivity index (χ0n) is 23.7. The van der Waals surface area contributed by atoms with Crippen molar-refractivity contribution >= 4 is 24.0 Å². The van der Waals surface area contributed by atoms with Gasteiger partial charge in [-0.05, 0) is 91.6 Å². The lowest BCUT2D eigenvalue weighted by Crippen LogP contribution is -2.08. The van der Waals surface area contributed by atoms with E-state index < -0.39 is 11.9 Å². The van der Waals surface area contributed by atoms with Gasteiger partial charge < -0.3 is 18.9 Å². The molecule has 0 spiro atoms. The predicted molar refractivity (Wildman–Crippen MR) is 161 cm³/mol. The van der Waals surface area contributed by atoms with Crippen molar-refractivity contribution in [1.82, 2.24) is 0 Å². The van der Waals surface area contributed by atoms with Crippen LogP contribution in [0.1, 0.15) is 59.7 Å².